The number of carbonyl (C=O) groups is 6. The fourth-order valence-electron chi connectivity index (χ4n) is 8.75. The van der Waals surface area contributed by atoms with Crippen molar-refractivity contribution in [3.63, 3.8) is 0 Å². The van der Waals surface area contributed by atoms with Gasteiger partial charge in [0.1, 0.15) is 24.4 Å². The van der Waals surface area contributed by atoms with E-state index in [9.17, 15) is 24.0 Å². The molecule has 0 aromatic heterocycles. The van der Waals surface area contributed by atoms with Gasteiger partial charge < -0.3 is 37.1 Å². The van der Waals surface area contributed by atoms with E-state index in [1.54, 1.807) is 31.3 Å². The summed E-state index contributed by atoms with van der Waals surface area (Å²) in [5, 5.41) is 9.45. The molecule has 13 nitrogen and oxygen atoms in total. The van der Waals surface area contributed by atoms with Gasteiger partial charge in [0.05, 0.1) is 18.1 Å². The largest absolute Gasteiger partial charge is 0.343 e. The van der Waals surface area contributed by atoms with Crippen LogP contribution in [0.15, 0.2) is 84.9 Å². The third-order valence-corrected chi connectivity index (χ3v) is 12.4. The van der Waals surface area contributed by atoms with Gasteiger partial charge in [-0.05, 0) is 93.3 Å². The number of nitrogens with two attached hydrogens (primary N) is 2. The maximum Gasteiger partial charge on any atom is 0.252 e. The van der Waals surface area contributed by atoms with Crippen LogP contribution in [-0.2, 0) is 48.0 Å². The second-order valence-electron chi connectivity index (χ2n) is 16.7. The number of rotatable bonds is 22. The first-order chi connectivity index (χ1) is 30.0. The van der Waals surface area contributed by atoms with Crippen molar-refractivity contribution in [2.45, 2.75) is 126 Å². The first kappa shape index (κ1) is 48.1. The molecule has 334 valence electrons. The first-order valence-electron chi connectivity index (χ1n) is 22.2. The molecular formula is C48H64ClN7O6. The van der Waals surface area contributed by atoms with Crippen LogP contribution in [0.3, 0.4) is 0 Å². The van der Waals surface area contributed by atoms with Gasteiger partial charge in [0, 0.05) is 24.4 Å². The molecule has 0 unspecified atom stereocenters. The van der Waals surface area contributed by atoms with Gasteiger partial charge in [-0.15, -0.1) is 0 Å². The highest BCUT2D eigenvalue weighted by atomic mass is 35.5. The molecule has 2 fully saturated rings. The zero-order valence-corrected chi connectivity index (χ0v) is 36.6. The highest BCUT2D eigenvalue weighted by molar-refractivity contribution is 6.30. The molecule has 62 heavy (non-hydrogen) atoms. The van der Waals surface area contributed by atoms with Gasteiger partial charge in [-0.2, -0.15) is 0 Å². The van der Waals surface area contributed by atoms with Gasteiger partial charge in [0.25, 0.3) is 5.91 Å². The second kappa shape index (κ2) is 24.6. The Balaban J connectivity index is 1.41. The molecule has 1 aliphatic carbocycles. The van der Waals surface area contributed by atoms with Crippen LogP contribution in [0, 0.1) is 5.92 Å². The SMILES string of the molecule is CN[C@@H](Cc1ccccc1)C(=O)N[C@@H](CCCCN)C(=O)N1CCC[C@H]1C(=O)N[C@@H](Cc1ccccc1)C(=O)N(C(=O)[C@H](N)CC1CCCCC1)[C@H](C=O)Cc1ccc(Cl)cc1. The molecule has 5 rings (SSSR count). The number of likely N-dealkylation sites (N-methyl/N-ethyl adjacent to an activating group) is 1. The zero-order chi connectivity index (χ0) is 44.4. The van der Waals surface area contributed by atoms with E-state index in [0.29, 0.717) is 73.9 Å². The minimum absolute atomic E-state index is 0.00480. The average Bonchev–Trinajstić information content (AvgIpc) is 3.79. The van der Waals surface area contributed by atoms with Gasteiger partial charge in [0.2, 0.25) is 23.6 Å². The van der Waals surface area contributed by atoms with Crippen LogP contribution >= 0.6 is 11.6 Å². The summed E-state index contributed by atoms with van der Waals surface area (Å²) in [5.74, 6) is -2.55. The van der Waals surface area contributed by atoms with E-state index in [-0.39, 0.29) is 31.2 Å². The van der Waals surface area contributed by atoms with E-state index in [1.807, 2.05) is 60.7 Å². The molecule has 0 radical (unpaired) electrons. The van der Waals surface area contributed by atoms with Crippen molar-refractivity contribution in [1.82, 2.24) is 25.8 Å². The van der Waals surface area contributed by atoms with Crippen molar-refractivity contribution in [2.75, 3.05) is 20.1 Å². The lowest BCUT2D eigenvalue weighted by atomic mass is 9.84. The lowest BCUT2D eigenvalue weighted by Crippen LogP contribution is -2.61. The Morgan fingerprint density at radius 3 is 1.97 bits per heavy atom. The Morgan fingerprint density at radius 1 is 0.758 bits per heavy atom. The minimum Gasteiger partial charge on any atom is -0.343 e. The quantitative estimate of drug-likeness (QED) is 0.0724. The lowest BCUT2D eigenvalue weighted by molar-refractivity contribution is -0.153. The number of halogens is 1. The molecule has 1 saturated heterocycles. The van der Waals surface area contributed by atoms with Crippen molar-refractivity contribution in [2.24, 2.45) is 17.4 Å². The molecule has 1 aliphatic heterocycles. The monoisotopic (exact) mass is 869 g/mol. The Labute approximate surface area is 371 Å². The number of nitrogens with zero attached hydrogens (tertiary/aromatic N) is 2. The van der Waals surface area contributed by atoms with Crippen molar-refractivity contribution in [1.29, 1.82) is 0 Å². The van der Waals surface area contributed by atoms with Gasteiger partial charge in [-0.1, -0.05) is 117 Å². The van der Waals surface area contributed by atoms with Crippen LogP contribution in [0.4, 0.5) is 0 Å². The van der Waals surface area contributed by atoms with Crippen molar-refractivity contribution < 1.29 is 28.8 Å². The van der Waals surface area contributed by atoms with Crippen molar-refractivity contribution in [3.05, 3.63) is 107 Å². The van der Waals surface area contributed by atoms with Crippen LogP contribution in [0.5, 0.6) is 0 Å². The molecule has 3 aromatic rings. The smallest absolute Gasteiger partial charge is 0.252 e. The molecule has 1 heterocycles. The minimum atomic E-state index is -1.30. The lowest BCUT2D eigenvalue weighted by Gasteiger charge is -2.34. The van der Waals surface area contributed by atoms with Gasteiger partial charge in [-0.3, -0.25) is 28.9 Å². The highest BCUT2D eigenvalue weighted by Crippen LogP contribution is 2.28. The fourth-order valence-corrected chi connectivity index (χ4v) is 8.87. The van der Waals surface area contributed by atoms with Gasteiger partial charge >= 0.3 is 0 Å². The number of unbranched alkanes of at least 4 members (excludes halogenated alkanes) is 1. The summed E-state index contributed by atoms with van der Waals surface area (Å²) in [6, 6.07) is 19.4. The number of likely N-dealkylation sites (tertiary alicyclic amines) is 1. The highest BCUT2D eigenvalue weighted by Gasteiger charge is 2.42. The molecule has 3 aromatic carbocycles. The third kappa shape index (κ3) is 13.8. The van der Waals surface area contributed by atoms with Crippen LogP contribution in [0.1, 0.15) is 87.3 Å². The summed E-state index contributed by atoms with van der Waals surface area (Å²) < 4.78 is 0. The molecule has 2 aliphatic rings. The normalized spacial score (nSPS) is 17.9. The molecule has 7 N–H and O–H groups in total. The van der Waals surface area contributed by atoms with E-state index < -0.39 is 59.9 Å². The molecule has 6 atom stereocenters. The number of aldehydes is 1. The molecule has 0 spiro atoms. The summed E-state index contributed by atoms with van der Waals surface area (Å²) in [6.45, 7) is 0.690. The maximum atomic E-state index is 15.0. The van der Waals surface area contributed by atoms with Gasteiger partial charge in [0.15, 0.2) is 0 Å². The van der Waals surface area contributed by atoms with E-state index in [4.69, 9.17) is 23.1 Å². The number of nitrogens with one attached hydrogen (secondary N) is 3. The van der Waals surface area contributed by atoms with Gasteiger partial charge in [-0.25, -0.2) is 0 Å². The number of benzene rings is 3. The number of carbonyl (C=O) groups excluding carboxylic acids is 6. The molecule has 14 heteroatoms. The van der Waals surface area contributed by atoms with E-state index >= 15 is 4.79 Å². The maximum absolute atomic E-state index is 15.0. The standard InChI is InChI=1S/C48H64ClN7O6/c1-52-41(30-34-16-7-3-8-17-34)44(58)53-40(20-11-12-26-50)47(61)55-27-13-21-43(55)45(59)54-42(31-35-18-9-4-10-19-35)48(62)56(38(32-57)28-36-22-24-37(49)25-23-36)46(60)39(51)29-33-14-5-2-6-15-33/h3-4,7-10,16-19,22-25,32-33,38-43,52H,2,5-6,11-15,20-21,26-31,50-51H2,1H3,(H,53,58)(H,54,59)/t38-,39+,40-,41-,42-,43-/m0/s1. The Morgan fingerprint density at radius 2 is 1.37 bits per heavy atom. The number of hydrogen-bond donors (Lipinski definition) is 5. The predicted molar refractivity (Wildman–Crippen MR) is 241 cm³/mol. The van der Waals surface area contributed by atoms with E-state index in [2.05, 4.69) is 16.0 Å². The Hall–Kier alpha value is -4.95. The zero-order valence-electron chi connectivity index (χ0n) is 35.9. The van der Waals surface area contributed by atoms with Crippen LogP contribution in [-0.4, -0.2) is 102 Å². The predicted octanol–water partition coefficient (Wildman–Crippen LogP) is 4.27. The average molecular weight is 871 g/mol. The van der Waals surface area contributed by atoms with Crippen LogP contribution in [0.2, 0.25) is 5.02 Å². The summed E-state index contributed by atoms with van der Waals surface area (Å²) >= 11 is 6.15. The van der Waals surface area contributed by atoms with Crippen molar-refractivity contribution in [3.8, 4) is 0 Å². The number of imide groups is 1. The molecule has 1 saturated carbocycles. The molecular weight excluding hydrogens is 806 g/mol. The van der Waals surface area contributed by atoms with E-state index in [1.165, 1.54) is 4.90 Å². The summed E-state index contributed by atoms with van der Waals surface area (Å²) in [7, 11) is 1.70. The van der Waals surface area contributed by atoms with Crippen LogP contribution < -0.4 is 27.4 Å². The van der Waals surface area contributed by atoms with Crippen molar-refractivity contribution >= 4 is 47.4 Å². The summed E-state index contributed by atoms with van der Waals surface area (Å²) in [5.41, 5.74) is 14.8. The topological polar surface area (TPSA) is 197 Å². The summed E-state index contributed by atoms with van der Waals surface area (Å²) in [6.07, 6.45) is 8.84. The van der Waals surface area contributed by atoms with Crippen LogP contribution in [0.25, 0.3) is 0 Å². The summed E-state index contributed by atoms with van der Waals surface area (Å²) in [4.78, 5) is 87.5. The Bertz CT molecular complexity index is 1910. The van der Waals surface area contributed by atoms with E-state index in [0.717, 1.165) is 42.6 Å². The number of amides is 5. The fraction of sp³-hybridized carbons (Fsp3) is 0.500. The first-order valence-corrected chi connectivity index (χ1v) is 22.6. The molecule has 0 bridgehead atoms. The third-order valence-electron chi connectivity index (χ3n) is 12.2. The number of hydrogen-bond acceptors (Lipinski definition) is 9. The Kier molecular flexibility index (Phi) is 19.1. The molecule has 5 amide bonds. The second-order valence-corrected chi connectivity index (χ2v) is 17.2.